The Balaban J connectivity index is 2.21. The summed E-state index contributed by atoms with van der Waals surface area (Å²) in [5, 5.41) is 0. The van der Waals surface area contributed by atoms with Gasteiger partial charge in [0, 0.05) is 6.08 Å². The molecule has 0 amide bonds. The van der Waals surface area contributed by atoms with Crippen LogP contribution in [0.25, 0.3) is 0 Å². The number of allylic oxidation sites excluding steroid dienone is 7. The zero-order chi connectivity index (χ0) is 19.9. The van der Waals surface area contributed by atoms with E-state index in [1.165, 1.54) is 56.1 Å². The highest BCUT2D eigenvalue weighted by Gasteiger charge is 2.04. The highest BCUT2D eigenvalue weighted by atomic mass is 16.5. The first-order chi connectivity index (χ1) is 13.0. The van der Waals surface area contributed by atoms with Crippen LogP contribution in [0.2, 0.25) is 0 Å². The van der Waals surface area contributed by atoms with Gasteiger partial charge in [0.05, 0.1) is 6.61 Å². The quantitative estimate of drug-likeness (QED) is 0.212. The lowest BCUT2D eigenvalue weighted by molar-refractivity contribution is -0.137. The molecule has 0 radical (unpaired) electrons. The maximum absolute atomic E-state index is 11.4. The van der Waals surface area contributed by atoms with Gasteiger partial charge in [-0.2, -0.15) is 0 Å². The Hall–Kier alpha value is -1.57. The maximum Gasteiger partial charge on any atom is 0.330 e. The Morgan fingerprint density at radius 2 is 1.41 bits per heavy atom. The molecule has 0 aromatic rings. The Kier molecular flexibility index (Phi) is 12.6. The average molecular weight is 373 g/mol. The van der Waals surface area contributed by atoms with Crippen molar-refractivity contribution in [1.82, 2.24) is 0 Å². The van der Waals surface area contributed by atoms with E-state index in [0.717, 1.165) is 31.3 Å². The molecule has 1 aliphatic carbocycles. The lowest BCUT2D eigenvalue weighted by Crippen LogP contribution is -2.00. The SMILES string of the molecule is CCOC(=O)/C=C(\C)CC/C=C(\C)CC/C=C(\C)CCC=C1CCCCC1. The van der Waals surface area contributed by atoms with Crippen LogP contribution in [0.15, 0.2) is 46.6 Å². The summed E-state index contributed by atoms with van der Waals surface area (Å²) in [4.78, 5) is 11.4. The molecule has 0 aliphatic heterocycles. The molecule has 152 valence electrons. The molecule has 0 aromatic heterocycles. The maximum atomic E-state index is 11.4. The van der Waals surface area contributed by atoms with E-state index in [9.17, 15) is 4.79 Å². The van der Waals surface area contributed by atoms with E-state index in [0.29, 0.717) is 6.61 Å². The Labute approximate surface area is 167 Å². The summed E-state index contributed by atoms with van der Waals surface area (Å²) >= 11 is 0. The highest BCUT2D eigenvalue weighted by Crippen LogP contribution is 2.23. The molecular weight excluding hydrogens is 332 g/mol. The summed E-state index contributed by atoms with van der Waals surface area (Å²) in [5.41, 5.74) is 5.73. The molecule has 0 N–H and O–H groups in total. The molecule has 0 bridgehead atoms. The van der Waals surface area contributed by atoms with Crippen LogP contribution in [0.1, 0.15) is 98.3 Å². The number of carbonyl (C=O) groups is 1. The van der Waals surface area contributed by atoms with E-state index < -0.39 is 0 Å². The van der Waals surface area contributed by atoms with Crippen LogP contribution in [0.5, 0.6) is 0 Å². The van der Waals surface area contributed by atoms with Crippen molar-refractivity contribution < 1.29 is 9.53 Å². The molecule has 0 spiro atoms. The molecule has 0 unspecified atom stereocenters. The molecule has 2 heteroatoms. The Morgan fingerprint density at radius 1 is 0.852 bits per heavy atom. The number of ether oxygens (including phenoxy) is 1. The first-order valence-corrected chi connectivity index (χ1v) is 10.8. The van der Waals surface area contributed by atoms with E-state index in [-0.39, 0.29) is 5.97 Å². The van der Waals surface area contributed by atoms with Gasteiger partial charge < -0.3 is 4.74 Å². The average Bonchev–Trinajstić information content (AvgIpc) is 2.62. The van der Waals surface area contributed by atoms with Crippen LogP contribution in [0, 0.1) is 0 Å². The molecular formula is C25H40O2. The van der Waals surface area contributed by atoms with Gasteiger partial charge >= 0.3 is 5.97 Å². The zero-order valence-corrected chi connectivity index (χ0v) is 18.1. The lowest BCUT2D eigenvalue weighted by Gasteiger charge is -2.13. The topological polar surface area (TPSA) is 26.3 Å². The number of esters is 1. The minimum atomic E-state index is -0.226. The summed E-state index contributed by atoms with van der Waals surface area (Å²) in [6, 6.07) is 0. The van der Waals surface area contributed by atoms with E-state index in [1.54, 1.807) is 11.6 Å². The molecule has 27 heavy (non-hydrogen) atoms. The van der Waals surface area contributed by atoms with E-state index in [4.69, 9.17) is 4.74 Å². The second-order valence-electron chi connectivity index (χ2n) is 7.88. The van der Waals surface area contributed by atoms with Crippen molar-refractivity contribution in [2.75, 3.05) is 6.61 Å². The van der Waals surface area contributed by atoms with Crippen molar-refractivity contribution in [3.05, 3.63) is 46.6 Å². The molecule has 1 fully saturated rings. The summed E-state index contributed by atoms with van der Waals surface area (Å²) in [5.74, 6) is -0.226. The summed E-state index contributed by atoms with van der Waals surface area (Å²) < 4.78 is 4.94. The van der Waals surface area contributed by atoms with Crippen molar-refractivity contribution in [3.8, 4) is 0 Å². The van der Waals surface area contributed by atoms with Gasteiger partial charge in [-0.15, -0.1) is 0 Å². The van der Waals surface area contributed by atoms with Crippen molar-refractivity contribution in [1.29, 1.82) is 0 Å². The third kappa shape index (κ3) is 12.4. The van der Waals surface area contributed by atoms with Gasteiger partial charge in [-0.1, -0.05) is 46.9 Å². The number of hydrogen-bond acceptors (Lipinski definition) is 2. The van der Waals surface area contributed by atoms with Crippen molar-refractivity contribution in [2.45, 2.75) is 98.3 Å². The summed E-state index contributed by atoms with van der Waals surface area (Å²) in [6.07, 6.45) is 22.3. The van der Waals surface area contributed by atoms with Gasteiger partial charge in [-0.05, 0) is 91.9 Å². The molecule has 1 aliphatic rings. The fourth-order valence-corrected chi connectivity index (χ4v) is 3.47. The van der Waals surface area contributed by atoms with E-state index >= 15 is 0 Å². The van der Waals surface area contributed by atoms with Crippen LogP contribution in [0.3, 0.4) is 0 Å². The molecule has 0 aromatic carbocycles. The van der Waals surface area contributed by atoms with Crippen molar-refractivity contribution >= 4 is 5.97 Å². The molecule has 1 saturated carbocycles. The molecule has 0 heterocycles. The fourth-order valence-electron chi connectivity index (χ4n) is 3.47. The Bertz CT molecular complexity index is 553. The first kappa shape index (κ1) is 23.5. The van der Waals surface area contributed by atoms with Gasteiger partial charge in [0.1, 0.15) is 0 Å². The van der Waals surface area contributed by atoms with Crippen LogP contribution in [-0.2, 0) is 9.53 Å². The van der Waals surface area contributed by atoms with Crippen molar-refractivity contribution in [2.24, 2.45) is 0 Å². The standard InChI is InChI=1S/C25H40O2/c1-5-27-25(26)20-23(4)16-10-14-21(2)12-9-13-22(3)15-11-19-24-17-7-6-8-18-24/h13-14,19-20H,5-12,15-18H2,1-4H3/b21-14+,22-13+,23-20+. The second-order valence-corrected chi connectivity index (χ2v) is 7.88. The van der Waals surface area contributed by atoms with Gasteiger partial charge in [0.15, 0.2) is 0 Å². The third-order valence-corrected chi connectivity index (χ3v) is 5.18. The molecule has 2 nitrogen and oxygen atoms in total. The number of hydrogen-bond donors (Lipinski definition) is 0. The number of carbonyl (C=O) groups excluding carboxylic acids is 1. The molecule has 1 rings (SSSR count). The molecule has 0 atom stereocenters. The van der Waals surface area contributed by atoms with Crippen LogP contribution >= 0.6 is 0 Å². The van der Waals surface area contributed by atoms with Crippen molar-refractivity contribution in [3.63, 3.8) is 0 Å². The first-order valence-electron chi connectivity index (χ1n) is 10.8. The third-order valence-electron chi connectivity index (χ3n) is 5.18. The zero-order valence-electron chi connectivity index (χ0n) is 18.1. The largest absolute Gasteiger partial charge is 0.463 e. The predicted molar refractivity (Wildman–Crippen MR) is 117 cm³/mol. The Morgan fingerprint density at radius 3 is 2.00 bits per heavy atom. The smallest absolute Gasteiger partial charge is 0.330 e. The van der Waals surface area contributed by atoms with E-state index in [2.05, 4.69) is 32.1 Å². The van der Waals surface area contributed by atoms with Gasteiger partial charge in [0.2, 0.25) is 0 Å². The minimum absolute atomic E-state index is 0.226. The summed E-state index contributed by atoms with van der Waals surface area (Å²) in [6.45, 7) is 8.74. The van der Waals surface area contributed by atoms with Crippen LogP contribution < -0.4 is 0 Å². The number of rotatable bonds is 11. The normalized spacial score (nSPS) is 16.4. The lowest BCUT2D eigenvalue weighted by atomic mass is 9.93. The molecule has 0 saturated heterocycles. The van der Waals surface area contributed by atoms with E-state index in [1.807, 2.05) is 13.8 Å². The van der Waals surface area contributed by atoms with Gasteiger partial charge in [-0.3, -0.25) is 0 Å². The van der Waals surface area contributed by atoms with Crippen LogP contribution in [0.4, 0.5) is 0 Å². The monoisotopic (exact) mass is 372 g/mol. The fraction of sp³-hybridized carbons (Fsp3) is 0.640. The summed E-state index contributed by atoms with van der Waals surface area (Å²) in [7, 11) is 0. The van der Waals surface area contributed by atoms with Gasteiger partial charge in [-0.25, -0.2) is 4.79 Å². The predicted octanol–water partition coefficient (Wildman–Crippen LogP) is 7.62. The second kappa shape index (κ2) is 14.5. The van der Waals surface area contributed by atoms with Gasteiger partial charge in [0.25, 0.3) is 0 Å². The van der Waals surface area contributed by atoms with Crippen LogP contribution in [-0.4, -0.2) is 12.6 Å². The highest BCUT2D eigenvalue weighted by molar-refractivity contribution is 5.82. The minimum Gasteiger partial charge on any atom is -0.463 e.